The molecule has 19 heavy (non-hydrogen) atoms. The highest BCUT2D eigenvalue weighted by atomic mass is 127. The van der Waals surface area contributed by atoms with Gasteiger partial charge in [-0.2, -0.15) is 0 Å². The average molecular weight is 452 g/mol. The maximum atomic E-state index is 5.83. The summed E-state index contributed by atoms with van der Waals surface area (Å²) in [7, 11) is 0. The Bertz CT molecular complexity index is 551. The number of thiophene rings is 1. The van der Waals surface area contributed by atoms with Crippen LogP contribution in [0.2, 0.25) is 0 Å². The second-order valence-electron chi connectivity index (χ2n) is 3.90. The van der Waals surface area contributed by atoms with Crippen LogP contribution in [-0.2, 0) is 6.54 Å². The van der Waals surface area contributed by atoms with E-state index in [0.717, 1.165) is 9.47 Å². The fraction of sp³-hybridized carbons (Fsp3) is 0.154. The van der Waals surface area contributed by atoms with Gasteiger partial charge in [0.25, 0.3) is 0 Å². The maximum Gasteiger partial charge on any atom is 0.193 e. The van der Waals surface area contributed by atoms with Gasteiger partial charge in [0.1, 0.15) is 0 Å². The van der Waals surface area contributed by atoms with Gasteiger partial charge in [-0.25, -0.2) is 4.99 Å². The molecule has 3 nitrogen and oxygen atoms in total. The molecule has 0 radical (unpaired) electrons. The van der Waals surface area contributed by atoms with E-state index in [-0.39, 0.29) is 24.0 Å². The highest BCUT2D eigenvalue weighted by Gasteiger charge is 1.98. The molecule has 0 spiro atoms. The number of halogens is 2. The molecule has 1 heterocycles. The number of nitrogens with two attached hydrogens (primary N) is 1. The lowest BCUT2D eigenvalue weighted by atomic mass is 10.2. The highest BCUT2D eigenvalue weighted by molar-refractivity contribution is 14.0. The molecule has 0 aliphatic rings. The van der Waals surface area contributed by atoms with Crippen molar-refractivity contribution in [1.29, 1.82) is 0 Å². The minimum atomic E-state index is 0. The topological polar surface area (TPSA) is 50.4 Å². The van der Waals surface area contributed by atoms with E-state index in [9.17, 15) is 0 Å². The van der Waals surface area contributed by atoms with Crippen LogP contribution in [0, 0.1) is 6.92 Å². The number of benzene rings is 1. The van der Waals surface area contributed by atoms with Crippen LogP contribution in [-0.4, -0.2) is 5.96 Å². The number of aliphatic imine (C=N–C) groups is 1. The van der Waals surface area contributed by atoms with E-state index in [1.54, 1.807) is 11.3 Å². The Labute approximate surface area is 142 Å². The summed E-state index contributed by atoms with van der Waals surface area (Å²) < 4.78 is 1.11. The SMILES string of the molecule is Cc1ccc(NC(N)=NCc2ccc(Br)s2)cc1.I. The second-order valence-corrected chi connectivity index (χ2v) is 6.45. The van der Waals surface area contributed by atoms with Crippen molar-refractivity contribution in [2.75, 3.05) is 5.32 Å². The number of hydrogen-bond donors (Lipinski definition) is 2. The van der Waals surface area contributed by atoms with Gasteiger partial charge in [-0.05, 0) is 47.1 Å². The van der Waals surface area contributed by atoms with E-state index in [2.05, 4.69) is 33.2 Å². The maximum absolute atomic E-state index is 5.83. The van der Waals surface area contributed by atoms with Crippen LogP contribution < -0.4 is 11.1 Å². The molecule has 2 rings (SSSR count). The van der Waals surface area contributed by atoms with Crippen molar-refractivity contribution >= 4 is 62.9 Å². The number of hydrogen-bond acceptors (Lipinski definition) is 2. The van der Waals surface area contributed by atoms with Gasteiger partial charge in [0, 0.05) is 10.6 Å². The number of nitrogens with one attached hydrogen (secondary N) is 1. The zero-order valence-electron chi connectivity index (χ0n) is 10.4. The van der Waals surface area contributed by atoms with E-state index in [0.29, 0.717) is 12.5 Å². The fourth-order valence-corrected chi connectivity index (χ4v) is 2.83. The molecule has 102 valence electrons. The molecule has 6 heteroatoms. The summed E-state index contributed by atoms with van der Waals surface area (Å²) in [4.78, 5) is 5.47. The average Bonchev–Trinajstić information content (AvgIpc) is 2.76. The Balaban J connectivity index is 0.00000180. The van der Waals surface area contributed by atoms with Crippen molar-refractivity contribution in [2.24, 2.45) is 10.7 Å². The third kappa shape index (κ3) is 5.50. The lowest BCUT2D eigenvalue weighted by Gasteiger charge is -2.05. The van der Waals surface area contributed by atoms with Gasteiger partial charge in [-0.15, -0.1) is 35.3 Å². The van der Waals surface area contributed by atoms with Gasteiger partial charge in [0.15, 0.2) is 5.96 Å². The molecule has 0 aliphatic heterocycles. The lowest BCUT2D eigenvalue weighted by molar-refractivity contribution is 1.09. The fourth-order valence-electron chi connectivity index (χ4n) is 1.42. The van der Waals surface area contributed by atoms with E-state index in [1.165, 1.54) is 10.4 Å². The smallest absolute Gasteiger partial charge is 0.193 e. The first kappa shape index (κ1) is 16.5. The van der Waals surface area contributed by atoms with Gasteiger partial charge in [0.2, 0.25) is 0 Å². The molecule has 2 aromatic rings. The summed E-state index contributed by atoms with van der Waals surface area (Å²) in [5.74, 6) is 0.434. The van der Waals surface area contributed by atoms with Crippen molar-refractivity contribution in [1.82, 2.24) is 0 Å². The standard InChI is InChI=1S/C13H14BrN3S.HI/c1-9-2-4-10(5-3-9)17-13(15)16-8-11-6-7-12(14)18-11;/h2-7H,8H2,1H3,(H3,15,16,17);1H. The van der Waals surface area contributed by atoms with E-state index in [1.807, 2.05) is 36.4 Å². The van der Waals surface area contributed by atoms with Crippen LogP contribution >= 0.6 is 51.2 Å². The summed E-state index contributed by atoms with van der Waals surface area (Å²) in [5, 5.41) is 3.07. The van der Waals surface area contributed by atoms with Crippen molar-refractivity contribution in [3.05, 3.63) is 50.6 Å². The van der Waals surface area contributed by atoms with Crippen LogP contribution in [0.1, 0.15) is 10.4 Å². The van der Waals surface area contributed by atoms with Crippen molar-refractivity contribution in [3.63, 3.8) is 0 Å². The third-order valence-corrected chi connectivity index (χ3v) is 3.97. The summed E-state index contributed by atoms with van der Waals surface area (Å²) in [6, 6.07) is 12.1. The van der Waals surface area contributed by atoms with Crippen LogP contribution in [0.3, 0.4) is 0 Å². The van der Waals surface area contributed by atoms with E-state index in [4.69, 9.17) is 5.73 Å². The zero-order chi connectivity index (χ0) is 13.0. The molecule has 1 aromatic heterocycles. The summed E-state index contributed by atoms with van der Waals surface area (Å²) in [5.41, 5.74) is 8.00. The number of anilines is 1. The van der Waals surface area contributed by atoms with Gasteiger partial charge in [0.05, 0.1) is 10.3 Å². The zero-order valence-corrected chi connectivity index (χ0v) is 15.1. The van der Waals surface area contributed by atoms with Gasteiger partial charge < -0.3 is 11.1 Å². The highest BCUT2D eigenvalue weighted by Crippen LogP contribution is 2.22. The van der Waals surface area contributed by atoms with Crippen molar-refractivity contribution in [3.8, 4) is 0 Å². The van der Waals surface area contributed by atoms with Crippen LogP contribution in [0.15, 0.2) is 45.2 Å². The minimum Gasteiger partial charge on any atom is -0.370 e. The molecule has 0 amide bonds. The summed E-state index contributed by atoms with van der Waals surface area (Å²) in [6.45, 7) is 2.65. The van der Waals surface area contributed by atoms with Gasteiger partial charge in [-0.3, -0.25) is 0 Å². The Morgan fingerprint density at radius 1 is 1.26 bits per heavy atom. The van der Waals surface area contributed by atoms with Gasteiger partial charge in [-0.1, -0.05) is 17.7 Å². The predicted molar refractivity (Wildman–Crippen MR) is 97.6 cm³/mol. The second kappa shape index (κ2) is 7.86. The minimum absolute atomic E-state index is 0. The molecule has 3 N–H and O–H groups in total. The molecule has 0 aliphatic carbocycles. The molecule has 0 atom stereocenters. The first-order valence-electron chi connectivity index (χ1n) is 5.51. The van der Waals surface area contributed by atoms with Crippen LogP contribution in [0.25, 0.3) is 0 Å². The third-order valence-electron chi connectivity index (χ3n) is 2.36. The Kier molecular flexibility index (Phi) is 6.81. The monoisotopic (exact) mass is 451 g/mol. The molecular weight excluding hydrogens is 437 g/mol. The first-order chi connectivity index (χ1) is 8.63. The molecule has 1 aromatic carbocycles. The Hall–Kier alpha value is -0.600. The number of aryl methyl sites for hydroxylation is 1. The van der Waals surface area contributed by atoms with E-state index >= 15 is 0 Å². The summed E-state index contributed by atoms with van der Waals surface area (Å²) >= 11 is 5.09. The Morgan fingerprint density at radius 3 is 2.53 bits per heavy atom. The number of nitrogens with zero attached hydrogens (tertiary/aromatic N) is 1. The quantitative estimate of drug-likeness (QED) is 0.413. The molecular formula is C13H15BrIN3S. The molecule has 0 fully saturated rings. The largest absolute Gasteiger partial charge is 0.370 e. The van der Waals surface area contributed by atoms with Crippen LogP contribution in [0.5, 0.6) is 0 Å². The van der Waals surface area contributed by atoms with Crippen molar-refractivity contribution < 1.29 is 0 Å². The normalized spacial score (nSPS) is 10.9. The molecule has 0 saturated carbocycles. The van der Waals surface area contributed by atoms with E-state index < -0.39 is 0 Å². The molecule has 0 bridgehead atoms. The van der Waals surface area contributed by atoms with Crippen molar-refractivity contribution in [2.45, 2.75) is 13.5 Å². The molecule has 0 saturated heterocycles. The lowest BCUT2D eigenvalue weighted by Crippen LogP contribution is -2.22. The van der Waals surface area contributed by atoms with Crippen LogP contribution in [0.4, 0.5) is 5.69 Å². The van der Waals surface area contributed by atoms with Gasteiger partial charge >= 0.3 is 0 Å². The molecule has 0 unspecified atom stereocenters. The number of guanidine groups is 1. The predicted octanol–water partition coefficient (Wildman–Crippen LogP) is 4.36. The first-order valence-corrected chi connectivity index (χ1v) is 7.12. The Morgan fingerprint density at radius 2 is 1.95 bits per heavy atom. The summed E-state index contributed by atoms with van der Waals surface area (Å²) in [6.07, 6.45) is 0. The number of rotatable bonds is 3.